The number of Topliss-reactive ketones (excluding diaryl/α,β-unsaturated/α-hetero) is 2. The van der Waals surface area contributed by atoms with Gasteiger partial charge in [0.25, 0.3) is 0 Å². The number of alkyl halides is 2. The number of aliphatic hydroxyl groups is 1. The van der Waals surface area contributed by atoms with E-state index >= 15 is 8.78 Å². The molecule has 8 nitrogen and oxygen atoms in total. The van der Waals surface area contributed by atoms with Crippen molar-refractivity contribution < 1.29 is 47.7 Å². The van der Waals surface area contributed by atoms with Crippen molar-refractivity contribution in [3.8, 4) is 0 Å². The molecule has 0 heterocycles. The molecule has 3 saturated carbocycles. The topological polar surface area (TPSA) is 135 Å². The van der Waals surface area contributed by atoms with Crippen molar-refractivity contribution >= 4 is 29.3 Å². The highest BCUT2D eigenvalue weighted by Crippen LogP contribution is 2.72. The van der Waals surface area contributed by atoms with E-state index in [1.165, 1.54) is 19.1 Å². The van der Waals surface area contributed by atoms with Gasteiger partial charge in [0.2, 0.25) is 0 Å². The van der Waals surface area contributed by atoms with E-state index in [1.807, 2.05) is 6.92 Å². The molecular formula is C31H40F2O8. The fraction of sp³-hybridized carbons (Fsp3) is 0.710. The number of esters is 1. The zero-order valence-corrected chi connectivity index (χ0v) is 23.9. The normalized spacial score (nSPS) is 39.3. The number of aliphatic hydroxyl groups excluding tert-OH is 1. The summed E-state index contributed by atoms with van der Waals surface area (Å²) in [7, 11) is 0. The van der Waals surface area contributed by atoms with Crippen LogP contribution in [0.2, 0.25) is 0 Å². The lowest BCUT2D eigenvalue weighted by Crippen LogP contribution is -2.69. The molecule has 0 aliphatic heterocycles. The van der Waals surface area contributed by atoms with E-state index < -0.39 is 76.1 Å². The minimum atomic E-state index is -2.30. The van der Waals surface area contributed by atoms with Crippen LogP contribution >= 0.6 is 0 Å². The summed E-state index contributed by atoms with van der Waals surface area (Å²) in [5, 5.41) is 20.4. The molecule has 0 spiro atoms. The number of aliphatic carboxylic acids is 1. The highest BCUT2D eigenvalue weighted by Gasteiger charge is 2.75. The molecule has 0 aromatic carbocycles. The molecule has 4 rings (SSSR count). The summed E-state index contributed by atoms with van der Waals surface area (Å²) >= 11 is 0. The summed E-state index contributed by atoms with van der Waals surface area (Å²) in [6.45, 7) is 4.48. The van der Waals surface area contributed by atoms with Gasteiger partial charge in [0.05, 0.1) is 6.10 Å². The van der Waals surface area contributed by atoms with E-state index in [1.54, 1.807) is 6.92 Å². The molecule has 0 amide bonds. The molecule has 3 fully saturated rings. The molecule has 0 saturated heterocycles. The van der Waals surface area contributed by atoms with E-state index in [0.717, 1.165) is 6.08 Å². The Morgan fingerprint density at radius 3 is 2.49 bits per heavy atom. The van der Waals surface area contributed by atoms with E-state index in [-0.39, 0.29) is 62.7 Å². The zero-order chi connectivity index (χ0) is 30.4. The molecule has 0 aromatic heterocycles. The standard InChI is InChI=1S/C31H40F2O8/c1-4-6-19(35)15-30(25(37)17-41-27(40)8-5-7-26(38)39)12-10-20-21-14-23(32)22-13-18(34)9-11-28(22,2)31(21,33)24(36)16-29(20,30)3/h9,11,13,20-21,23-24,36H,4-8,10,12,14-17H2,1-3H3,(H,38,39)/t20-,21-,23-,24-,28-,29-,30-,31-/m0/s1. The molecule has 4 aliphatic carbocycles. The zero-order valence-electron chi connectivity index (χ0n) is 23.9. The summed E-state index contributed by atoms with van der Waals surface area (Å²) in [4.78, 5) is 62.1. The maximum absolute atomic E-state index is 17.4. The van der Waals surface area contributed by atoms with Gasteiger partial charge in [-0.1, -0.05) is 19.9 Å². The van der Waals surface area contributed by atoms with Gasteiger partial charge in [0.15, 0.2) is 23.8 Å². The number of halogens is 2. The van der Waals surface area contributed by atoms with Gasteiger partial charge in [-0.2, -0.15) is 0 Å². The first-order valence-electron chi connectivity index (χ1n) is 14.5. The quantitative estimate of drug-likeness (QED) is 0.344. The number of fused-ring (bicyclic) bond motifs is 5. The van der Waals surface area contributed by atoms with Gasteiger partial charge in [-0.15, -0.1) is 0 Å². The Balaban J connectivity index is 1.68. The first-order valence-corrected chi connectivity index (χ1v) is 14.5. The molecular weight excluding hydrogens is 538 g/mol. The van der Waals surface area contributed by atoms with Gasteiger partial charge in [-0.05, 0) is 74.5 Å². The third-order valence-electron chi connectivity index (χ3n) is 10.7. The minimum Gasteiger partial charge on any atom is -0.481 e. The van der Waals surface area contributed by atoms with Gasteiger partial charge in [-0.3, -0.25) is 24.0 Å². The fourth-order valence-corrected chi connectivity index (χ4v) is 8.61. The van der Waals surface area contributed by atoms with Crippen LogP contribution in [0, 0.1) is 28.1 Å². The number of ether oxygens (including phenoxy) is 1. The van der Waals surface area contributed by atoms with Crippen molar-refractivity contribution in [3.05, 3.63) is 23.8 Å². The van der Waals surface area contributed by atoms with Crippen LogP contribution in [0.3, 0.4) is 0 Å². The molecule has 0 aromatic rings. The Kier molecular flexibility index (Phi) is 8.48. The number of hydrogen-bond donors (Lipinski definition) is 2. The SMILES string of the molecule is CCCC(=O)C[C@]1(C(=O)COC(=O)CCCC(=O)O)CC[C@H]2[C@@H]3C[C@H](F)C4=CC(=O)C=C[C@]4(C)[C@@]3(F)[C@@H](O)C[C@@]21C. The van der Waals surface area contributed by atoms with E-state index in [2.05, 4.69) is 0 Å². The van der Waals surface area contributed by atoms with Gasteiger partial charge in [0.1, 0.15) is 12.0 Å². The largest absolute Gasteiger partial charge is 0.481 e. The van der Waals surface area contributed by atoms with Gasteiger partial charge < -0.3 is 14.9 Å². The predicted molar refractivity (Wildman–Crippen MR) is 143 cm³/mol. The molecule has 4 aliphatic rings. The summed E-state index contributed by atoms with van der Waals surface area (Å²) in [6, 6.07) is 0. The van der Waals surface area contributed by atoms with Crippen LogP contribution in [-0.2, 0) is 28.7 Å². The molecule has 2 N–H and O–H groups in total. The van der Waals surface area contributed by atoms with Crippen LogP contribution in [0.5, 0.6) is 0 Å². The smallest absolute Gasteiger partial charge is 0.306 e. The molecule has 226 valence electrons. The lowest BCUT2D eigenvalue weighted by atomic mass is 9.42. The summed E-state index contributed by atoms with van der Waals surface area (Å²) in [5.41, 5.74) is -6.28. The highest BCUT2D eigenvalue weighted by atomic mass is 19.1. The maximum atomic E-state index is 17.4. The summed E-state index contributed by atoms with van der Waals surface area (Å²) < 4.78 is 38.3. The number of carbonyl (C=O) groups is 5. The lowest BCUT2D eigenvalue weighted by Gasteiger charge is -2.63. The minimum absolute atomic E-state index is 0.0136. The maximum Gasteiger partial charge on any atom is 0.306 e. The monoisotopic (exact) mass is 578 g/mol. The second-order valence-corrected chi connectivity index (χ2v) is 12.8. The molecule has 10 heteroatoms. The number of rotatable bonds is 11. The second-order valence-electron chi connectivity index (χ2n) is 12.8. The predicted octanol–water partition coefficient (Wildman–Crippen LogP) is 4.42. The Labute approximate surface area is 238 Å². The Morgan fingerprint density at radius 2 is 1.83 bits per heavy atom. The number of carbonyl (C=O) groups excluding carboxylic acids is 4. The average molecular weight is 579 g/mol. The van der Waals surface area contributed by atoms with Gasteiger partial charge in [-0.25, -0.2) is 8.78 Å². The van der Waals surface area contributed by atoms with Crippen molar-refractivity contribution in [1.82, 2.24) is 0 Å². The summed E-state index contributed by atoms with van der Waals surface area (Å²) in [5.74, 6) is -4.44. The van der Waals surface area contributed by atoms with Crippen LogP contribution in [0.1, 0.15) is 85.0 Å². The molecule has 0 bridgehead atoms. The summed E-state index contributed by atoms with van der Waals surface area (Å²) in [6.07, 6.45) is 0.821. The van der Waals surface area contributed by atoms with Crippen molar-refractivity contribution in [2.24, 2.45) is 28.1 Å². The van der Waals surface area contributed by atoms with Crippen LogP contribution < -0.4 is 0 Å². The number of carboxylic acids is 1. The van der Waals surface area contributed by atoms with Crippen LogP contribution in [0.15, 0.2) is 23.8 Å². The number of hydrogen-bond acceptors (Lipinski definition) is 7. The number of carboxylic acid groups (broad SMARTS) is 1. The van der Waals surface area contributed by atoms with Crippen molar-refractivity contribution in [1.29, 1.82) is 0 Å². The molecule has 0 radical (unpaired) electrons. The second kappa shape index (κ2) is 11.2. The lowest BCUT2D eigenvalue weighted by molar-refractivity contribution is -0.212. The van der Waals surface area contributed by atoms with Crippen LogP contribution in [0.4, 0.5) is 8.78 Å². The van der Waals surface area contributed by atoms with Gasteiger partial charge in [0, 0.05) is 42.4 Å². The first kappa shape index (κ1) is 31.2. The number of ketones is 3. The van der Waals surface area contributed by atoms with Crippen molar-refractivity contribution in [2.75, 3.05) is 6.61 Å². The van der Waals surface area contributed by atoms with Crippen molar-refractivity contribution in [2.45, 2.75) is 103 Å². The van der Waals surface area contributed by atoms with E-state index in [0.29, 0.717) is 12.8 Å². The third-order valence-corrected chi connectivity index (χ3v) is 10.7. The van der Waals surface area contributed by atoms with Crippen LogP contribution in [0.25, 0.3) is 0 Å². The van der Waals surface area contributed by atoms with E-state index in [4.69, 9.17) is 9.84 Å². The van der Waals surface area contributed by atoms with Gasteiger partial charge >= 0.3 is 11.9 Å². The average Bonchev–Trinajstić information content (AvgIpc) is 3.17. The van der Waals surface area contributed by atoms with Crippen LogP contribution in [-0.4, -0.2) is 64.1 Å². The van der Waals surface area contributed by atoms with Crippen molar-refractivity contribution in [3.63, 3.8) is 0 Å². The Hall–Kier alpha value is -2.75. The Morgan fingerprint density at radius 1 is 1.12 bits per heavy atom. The first-order chi connectivity index (χ1) is 19.2. The van der Waals surface area contributed by atoms with E-state index in [9.17, 15) is 29.1 Å². The molecule has 41 heavy (non-hydrogen) atoms. The highest BCUT2D eigenvalue weighted by molar-refractivity contribution is 6.01. The molecule has 0 unspecified atom stereocenters. The third kappa shape index (κ3) is 4.89. The number of allylic oxidation sites excluding steroid dienone is 4. The molecule has 8 atom stereocenters. The Bertz CT molecular complexity index is 1190. The fourth-order valence-electron chi connectivity index (χ4n) is 8.61.